The maximum Gasteiger partial charge on any atom is 0.141 e. The van der Waals surface area contributed by atoms with Crippen LogP contribution >= 0.6 is 12.4 Å². The number of fused-ring (bicyclic) bond motifs is 1. The molecule has 4 nitrogen and oxygen atoms in total. The first-order valence-electron chi connectivity index (χ1n) is 5.24. The SMILES string of the molecule is Cl.Nc1ccc(-c2cccc3ccoc23)c(N)n1. The normalized spacial score (nSPS) is 10.2. The molecule has 0 unspecified atom stereocenters. The molecule has 3 aromatic rings. The lowest BCUT2D eigenvalue weighted by molar-refractivity contribution is 0.617. The van der Waals surface area contributed by atoms with Gasteiger partial charge >= 0.3 is 0 Å². The maximum absolute atomic E-state index is 5.88. The Labute approximate surface area is 110 Å². The zero-order valence-electron chi connectivity index (χ0n) is 9.46. The number of benzene rings is 1. The summed E-state index contributed by atoms with van der Waals surface area (Å²) in [5.41, 5.74) is 14.0. The molecule has 2 aromatic heterocycles. The monoisotopic (exact) mass is 261 g/mol. The molecule has 0 aliphatic carbocycles. The summed E-state index contributed by atoms with van der Waals surface area (Å²) >= 11 is 0. The summed E-state index contributed by atoms with van der Waals surface area (Å²) in [5, 5.41) is 1.04. The van der Waals surface area contributed by atoms with Crippen molar-refractivity contribution >= 4 is 35.0 Å². The number of nitrogens with two attached hydrogens (primary N) is 2. The fraction of sp³-hybridized carbons (Fsp3) is 0. The van der Waals surface area contributed by atoms with Gasteiger partial charge in [-0.05, 0) is 18.2 Å². The van der Waals surface area contributed by atoms with Gasteiger partial charge in [0, 0.05) is 16.5 Å². The van der Waals surface area contributed by atoms with E-state index in [9.17, 15) is 0 Å². The van der Waals surface area contributed by atoms with E-state index < -0.39 is 0 Å². The van der Waals surface area contributed by atoms with E-state index in [4.69, 9.17) is 15.9 Å². The smallest absolute Gasteiger partial charge is 0.141 e. The molecule has 0 saturated heterocycles. The van der Waals surface area contributed by atoms with Crippen molar-refractivity contribution in [1.82, 2.24) is 4.98 Å². The Kier molecular flexibility index (Phi) is 3.12. The van der Waals surface area contributed by atoms with Crippen molar-refractivity contribution in [3.05, 3.63) is 42.7 Å². The molecule has 0 aliphatic heterocycles. The first kappa shape index (κ1) is 12.3. The van der Waals surface area contributed by atoms with E-state index in [1.807, 2.05) is 30.3 Å². The second kappa shape index (κ2) is 4.58. The molecule has 0 radical (unpaired) electrons. The molecule has 0 bridgehead atoms. The van der Waals surface area contributed by atoms with Crippen molar-refractivity contribution in [3.63, 3.8) is 0 Å². The number of rotatable bonds is 1. The minimum Gasteiger partial charge on any atom is -0.464 e. The highest BCUT2D eigenvalue weighted by Gasteiger charge is 2.10. The molecule has 0 fully saturated rings. The molecule has 18 heavy (non-hydrogen) atoms. The molecule has 0 spiro atoms. The summed E-state index contributed by atoms with van der Waals surface area (Å²) in [6, 6.07) is 11.4. The van der Waals surface area contributed by atoms with E-state index in [1.165, 1.54) is 0 Å². The van der Waals surface area contributed by atoms with Crippen LogP contribution in [0.4, 0.5) is 11.6 Å². The second-order valence-corrected chi connectivity index (χ2v) is 3.81. The van der Waals surface area contributed by atoms with E-state index in [0.717, 1.165) is 22.1 Å². The van der Waals surface area contributed by atoms with E-state index >= 15 is 0 Å². The van der Waals surface area contributed by atoms with Gasteiger partial charge in [0.25, 0.3) is 0 Å². The molecule has 1 aromatic carbocycles. The number of halogens is 1. The molecule has 0 amide bonds. The number of hydrogen-bond acceptors (Lipinski definition) is 4. The molecule has 2 heterocycles. The predicted octanol–water partition coefficient (Wildman–Crippen LogP) is 3.08. The van der Waals surface area contributed by atoms with E-state index in [-0.39, 0.29) is 12.4 Å². The molecule has 92 valence electrons. The Bertz CT molecular complexity index is 694. The van der Waals surface area contributed by atoms with Gasteiger partial charge in [-0.15, -0.1) is 12.4 Å². The maximum atomic E-state index is 5.88. The van der Waals surface area contributed by atoms with Crippen LogP contribution in [0.2, 0.25) is 0 Å². The third kappa shape index (κ3) is 1.87. The van der Waals surface area contributed by atoms with Crippen LogP contribution in [0.1, 0.15) is 0 Å². The van der Waals surface area contributed by atoms with Crippen LogP contribution < -0.4 is 11.5 Å². The van der Waals surface area contributed by atoms with Crippen LogP contribution in [0, 0.1) is 0 Å². The fourth-order valence-electron chi connectivity index (χ4n) is 1.92. The summed E-state index contributed by atoms with van der Waals surface area (Å²) < 4.78 is 5.47. The second-order valence-electron chi connectivity index (χ2n) is 3.81. The Morgan fingerprint density at radius 3 is 2.56 bits per heavy atom. The highest BCUT2D eigenvalue weighted by Crippen LogP contribution is 2.32. The van der Waals surface area contributed by atoms with Crippen molar-refractivity contribution < 1.29 is 4.42 Å². The number of hydrogen-bond donors (Lipinski definition) is 2. The highest BCUT2D eigenvalue weighted by molar-refractivity contribution is 5.95. The van der Waals surface area contributed by atoms with E-state index in [1.54, 1.807) is 12.3 Å². The predicted molar refractivity (Wildman–Crippen MR) is 75.5 cm³/mol. The van der Waals surface area contributed by atoms with Gasteiger partial charge in [-0.3, -0.25) is 0 Å². The van der Waals surface area contributed by atoms with Crippen LogP contribution in [0.3, 0.4) is 0 Å². The summed E-state index contributed by atoms with van der Waals surface area (Å²) in [6.07, 6.45) is 1.66. The number of aromatic nitrogens is 1. The number of nitrogens with zero attached hydrogens (tertiary/aromatic N) is 1. The lowest BCUT2D eigenvalue weighted by Crippen LogP contribution is -1.98. The Morgan fingerprint density at radius 1 is 0.944 bits per heavy atom. The van der Waals surface area contributed by atoms with Gasteiger partial charge in [0.15, 0.2) is 0 Å². The number of nitrogen functional groups attached to an aromatic ring is 2. The topological polar surface area (TPSA) is 78.1 Å². The molecule has 0 saturated carbocycles. The first-order chi connectivity index (χ1) is 8.25. The third-order valence-corrected chi connectivity index (χ3v) is 2.72. The minimum absolute atomic E-state index is 0. The van der Waals surface area contributed by atoms with Crippen LogP contribution in [0.25, 0.3) is 22.1 Å². The first-order valence-corrected chi connectivity index (χ1v) is 5.24. The molecule has 5 heteroatoms. The average molecular weight is 262 g/mol. The van der Waals surface area contributed by atoms with Crippen molar-refractivity contribution in [3.8, 4) is 11.1 Å². The van der Waals surface area contributed by atoms with Crippen LogP contribution in [0.15, 0.2) is 47.1 Å². The quantitative estimate of drug-likeness (QED) is 0.706. The number of furan rings is 1. The average Bonchev–Trinajstić information content (AvgIpc) is 2.77. The summed E-state index contributed by atoms with van der Waals surface area (Å²) in [7, 11) is 0. The largest absolute Gasteiger partial charge is 0.464 e. The van der Waals surface area contributed by atoms with Crippen molar-refractivity contribution in [2.45, 2.75) is 0 Å². The van der Waals surface area contributed by atoms with Crippen molar-refractivity contribution in [2.75, 3.05) is 11.5 Å². The highest BCUT2D eigenvalue weighted by atomic mass is 35.5. The van der Waals surface area contributed by atoms with Gasteiger partial charge in [0.05, 0.1) is 6.26 Å². The molecular weight excluding hydrogens is 250 g/mol. The summed E-state index contributed by atoms with van der Waals surface area (Å²) in [6.45, 7) is 0. The zero-order chi connectivity index (χ0) is 11.8. The zero-order valence-corrected chi connectivity index (χ0v) is 10.3. The lowest BCUT2D eigenvalue weighted by atomic mass is 10.0. The Morgan fingerprint density at radius 2 is 1.78 bits per heavy atom. The Hall–Kier alpha value is -2.20. The van der Waals surface area contributed by atoms with Crippen LogP contribution in [-0.4, -0.2) is 4.98 Å². The van der Waals surface area contributed by atoms with Crippen LogP contribution in [0.5, 0.6) is 0 Å². The number of para-hydroxylation sites is 1. The van der Waals surface area contributed by atoms with Gasteiger partial charge in [0.1, 0.15) is 17.2 Å². The van der Waals surface area contributed by atoms with Gasteiger partial charge in [0.2, 0.25) is 0 Å². The minimum atomic E-state index is 0. The summed E-state index contributed by atoms with van der Waals surface area (Å²) in [4.78, 5) is 4.06. The third-order valence-electron chi connectivity index (χ3n) is 2.72. The van der Waals surface area contributed by atoms with Crippen molar-refractivity contribution in [1.29, 1.82) is 0 Å². The van der Waals surface area contributed by atoms with Gasteiger partial charge < -0.3 is 15.9 Å². The molecule has 4 N–H and O–H groups in total. The van der Waals surface area contributed by atoms with E-state index in [2.05, 4.69) is 4.98 Å². The fourth-order valence-corrected chi connectivity index (χ4v) is 1.92. The molecule has 0 atom stereocenters. The standard InChI is InChI=1S/C13H11N3O.ClH/c14-11-5-4-10(13(15)16-11)9-3-1-2-8-6-7-17-12(8)9;/h1-7H,(H4,14,15,16);1H. The molecular formula is C13H12ClN3O. The van der Waals surface area contributed by atoms with E-state index in [0.29, 0.717) is 11.6 Å². The lowest BCUT2D eigenvalue weighted by Gasteiger charge is -2.06. The number of anilines is 2. The Balaban J connectivity index is 0.00000120. The number of pyridine rings is 1. The van der Waals surface area contributed by atoms with Crippen LogP contribution in [-0.2, 0) is 0 Å². The molecule has 3 rings (SSSR count). The van der Waals surface area contributed by atoms with Gasteiger partial charge in [-0.1, -0.05) is 18.2 Å². The van der Waals surface area contributed by atoms with Gasteiger partial charge in [-0.25, -0.2) is 4.98 Å². The summed E-state index contributed by atoms with van der Waals surface area (Å²) in [5.74, 6) is 0.826. The van der Waals surface area contributed by atoms with Gasteiger partial charge in [-0.2, -0.15) is 0 Å². The van der Waals surface area contributed by atoms with Crippen molar-refractivity contribution in [2.24, 2.45) is 0 Å². The molecule has 0 aliphatic rings.